The number of hydrogen-bond acceptors (Lipinski definition) is 3. The summed E-state index contributed by atoms with van der Waals surface area (Å²) in [7, 11) is 1.65. The van der Waals surface area contributed by atoms with Gasteiger partial charge in [-0.15, -0.1) is 0 Å². The van der Waals surface area contributed by atoms with Gasteiger partial charge in [-0.25, -0.2) is 0 Å². The first kappa shape index (κ1) is 14.7. The van der Waals surface area contributed by atoms with Gasteiger partial charge in [0, 0.05) is 22.8 Å². The lowest BCUT2D eigenvalue weighted by Gasteiger charge is -2.12. The minimum absolute atomic E-state index is 0.617. The molecule has 1 N–H and O–H groups in total. The third-order valence-electron chi connectivity index (χ3n) is 2.85. The van der Waals surface area contributed by atoms with Crippen LogP contribution in [0.4, 0.5) is 5.69 Å². The van der Waals surface area contributed by atoms with Gasteiger partial charge in [0.05, 0.1) is 13.7 Å². The molecule has 0 heterocycles. The Kier molecular flexibility index (Phi) is 5.30. The summed E-state index contributed by atoms with van der Waals surface area (Å²) >= 11 is 3.48. The van der Waals surface area contributed by atoms with E-state index in [-0.39, 0.29) is 0 Å². The van der Waals surface area contributed by atoms with Gasteiger partial charge in [0.1, 0.15) is 0 Å². The normalized spacial score (nSPS) is 10.2. The minimum Gasteiger partial charge on any atom is -0.493 e. The zero-order valence-corrected chi connectivity index (χ0v) is 13.2. The van der Waals surface area contributed by atoms with Crippen LogP contribution in [0.1, 0.15) is 12.5 Å². The molecule has 0 saturated carbocycles. The summed E-state index contributed by atoms with van der Waals surface area (Å²) in [6, 6.07) is 14.1. The first-order valence-electron chi connectivity index (χ1n) is 6.52. The molecule has 0 bridgehead atoms. The molecule has 0 atom stereocenters. The fraction of sp³-hybridized carbons (Fsp3) is 0.250. The van der Waals surface area contributed by atoms with Crippen molar-refractivity contribution in [1.29, 1.82) is 0 Å². The third kappa shape index (κ3) is 3.90. The highest BCUT2D eigenvalue weighted by atomic mass is 79.9. The van der Waals surface area contributed by atoms with Crippen LogP contribution in [-0.2, 0) is 6.54 Å². The molecule has 0 aliphatic heterocycles. The summed E-state index contributed by atoms with van der Waals surface area (Å²) in [6.45, 7) is 3.34. The molecule has 0 aromatic heterocycles. The predicted molar refractivity (Wildman–Crippen MR) is 85.6 cm³/mol. The summed E-state index contributed by atoms with van der Waals surface area (Å²) < 4.78 is 11.9. The summed E-state index contributed by atoms with van der Waals surface area (Å²) in [5.74, 6) is 1.51. The second-order valence-electron chi connectivity index (χ2n) is 4.28. The van der Waals surface area contributed by atoms with Crippen molar-refractivity contribution in [1.82, 2.24) is 0 Å². The van der Waals surface area contributed by atoms with Crippen LogP contribution in [-0.4, -0.2) is 13.7 Å². The molecule has 20 heavy (non-hydrogen) atoms. The van der Waals surface area contributed by atoms with Crippen LogP contribution in [0.5, 0.6) is 11.5 Å². The highest BCUT2D eigenvalue weighted by molar-refractivity contribution is 9.10. The lowest BCUT2D eigenvalue weighted by Crippen LogP contribution is -2.01. The number of methoxy groups -OCH3 is 1. The number of rotatable bonds is 6. The maximum Gasteiger partial charge on any atom is 0.163 e. The fourth-order valence-electron chi connectivity index (χ4n) is 1.91. The van der Waals surface area contributed by atoms with Gasteiger partial charge in [-0.05, 0) is 36.8 Å². The van der Waals surface area contributed by atoms with Crippen molar-refractivity contribution < 1.29 is 9.47 Å². The van der Waals surface area contributed by atoms with E-state index >= 15 is 0 Å². The molecule has 2 aromatic carbocycles. The number of anilines is 1. The summed E-state index contributed by atoms with van der Waals surface area (Å²) in [4.78, 5) is 0. The number of ether oxygens (including phenoxy) is 2. The zero-order chi connectivity index (χ0) is 14.4. The molecule has 2 rings (SSSR count). The molecule has 0 saturated heterocycles. The molecule has 0 aliphatic carbocycles. The van der Waals surface area contributed by atoms with E-state index in [2.05, 4.69) is 33.4 Å². The van der Waals surface area contributed by atoms with Crippen LogP contribution in [0, 0.1) is 0 Å². The van der Waals surface area contributed by atoms with Gasteiger partial charge in [-0.3, -0.25) is 0 Å². The maximum atomic E-state index is 5.57. The van der Waals surface area contributed by atoms with Gasteiger partial charge >= 0.3 is 0 Å². The Labute approximate surface area is 128 Å². The highest BCUT2D eigenvalue weighted by Crippen LogP contribution is 2.30. The van der Waals surface area contributed by atoms with E-state index < -0.39 is 0 Å². The first-order valence-corrected chi connectivity index (χ1v) is 7.31. The zero-order valence-electron chi connectivity index (χ0n) is 11.7. The monoisotopic (exact) mass is 335 g/mol. The Hall–Kier alpha value is -1.68. The SMILES string of the molecule is CCOc1cc(NCc2cccc(Br)c2)ccc1OC. The van der Waals surface area contributed by atoms with E-state index in [4.69, 9.17) is 9.47 Å². The van der Waals surface area contributed by atoms with E-state index in [0.29, 0.717) is 6.61 Å². The molecule has 2 aromatic rings. The van der Waals surface area contributed by atoms with Crippen LogP contribution in [0.2, 0.25) is 0 Å². The lowest BCUT2D eigenvalue weighted by atomic mass is 10.2. The lowest BCUT2D eigenvalue weighted by molar-refractivity contribution is 0.311. The predicted octanol–water partition coefficient (Wildman–Crippen LogP) is 4.47. The van der Waals surface area contributed by atoms with E-state index in [1.807, 2.05) is 37.3 Å². The van der Waals surface area contributed by atoms with Crippen LogP contribution < -0.4 is 14.8 Å². The molecule has 0 radical (unpaired) electrons. The van der Waals surface area contributed by atoms with Crippen molar-refractivity contribution in [2.75, 3.05) is 19.0 Å². The van der Waals surface area contributed by atoms with Gasteiger partial charge in [0.2, 0.25) is 0 Å². The Balaban J connectivity index is 2.07. The molecule has 4 heteroatoms. The molecule has 3 nitrogen and oxygen atoms in total. The van der Waals surface area contributed by atoms with E-state index in [1.165, 1.54) is 5.56 Å². The van der Waals surface area contributed by atoms with Crippen LogP contribution in [0.25, 0.3) is 0 Å². The second kappa shape index (κ2) is 7.20. The van der Waals surface area contributed by atoms with Crippen LogP contribution >= 0.6 is 15.9 Å². The van der Waals surface area contributed by atoms with Crippen LogP contribution in [0.15, 0.2) is 46.9 Å². The largest absolute Gasteiger partial charge is 0.493 e. The number of nitrogens with one attached hydrogen (secondary N) is 1. The topological polar surface area (TPSA) is 30.5 Å². The average Bonchev–Trinajstić information content (AvgIpc) is 2.46. The molecule has 0 spiro atoms. The van der Waals surface area contributed by atoms with Gasteiger partial charge in [0.25, 0.3) is 0 Å². The summed E-state index contributed by atoms with van der Waals surface area (Å²) in [5.41, 5.74) is 2.22. The number of hydrogen-bond donors (Lipinski definition) is 1. The standard InChI is InChI=1S/C16H18BrNO2/c1-3-20-16-10-14(7-8-15(16)19-2)18-11-12-5-4-6-13(17)9-12/h4-10,18H,3,11H2,1-2H3. The summed E-state index contributed by atoms with van der Waals surface area (Å²) in [6.07, 6.45) is 0. The molecule has 0 fully saturated rings. The molecule has 0 unspecified atom stereocenters. The van der Waals surface area contributed by atoms with Crippen molar-refractivity contribution in [3.63, 3.8) is 0 Å². The number of benzene rings is 2. The molecule has 0 amide bonds. The first-order chi connectivity index (χ1) is 9.72. The Morgan fingerprint density at radius 3 is 2.65 bits per heavy atom. The highest BCUT2D eigenvalue weighted by Gasteiger charge is 2.05. The Morgan fingerprint density at radius 2 is 1.95 bits per heavy atom. The smallest absolute Gasteiger partial charge is 0.163 e. The van der Waals surface area contributed by atoms with Gasteiger partial charge in [0.15, 0.2) is 11.5 Å². The second-order valence-corrected chi connectivity index (χ2v) is 5.20. The van der Waals surface area contributed by atoms with Crippen molar-refractivity contribution >= 4 is 21.6 Å². The maximum absolute atomic E-state index is 5.57. The molecular formula is C16H18BrNO2. The molecule has 106 valence electrons. The molecular weight excluding hydrogens is 318 g/mol. The molecule has 0 aliphatic rings. The minimum atomic E-state index is 0.617. The average molecular weight is 336 g/mol. The van der Waals surface area contributed by atoms with Crippen LogP contribution in [0.3, 0.4) is 0 Å². The van der Waals surface area contributed by atoms with Gasteiger partial charge < -0.3 is 14.8 Å². The Morgan fingerprint density at radius 1 is 1.10 bits per heavy atom. The van der Waals surface area contributed by atoms with E-state index in [0.717, 1.165) is 28.2 Å². The number of halogens is 1. The van der Waals surface area contributed by atoms with Gasteiger partial charge in [-0.2, -0.15) is 0 Å². The van der Waals surface area contributed by atoms with Crippen molar-refractivity contribution in [2.24, 2.45) is 0 Å². The van der Waals surface area contributed by atoms with E-state index in [9.17, 15) is 0 Å². The fourth-order valence-corrected chi connectivity index (χ4v) is 2.35. The van der Waals surface area contributed by atoms with Crippen molar-refractivity contribution in [3.05, 3.63) is 52.5 Å². The van der Waals surface area contributed by atoms with E-state index in [1.54, 1.807) is 7.11 Å². The van der Waals surface area contributed by atoms with Crippen molar-refractivity contribution in [2.45, 2.75) is 13.5 Å². The summed E-state index contributed by atoms with van der Waals surface area (Å²) in [5, 5.41) is 3.38. The Bertz CT molecular complexity index is 572. The van der Waals surface area contributed by atoms with Crippen molar-refractivity contribution in [3.8, 4) is 11.5 Å². The quantitative estimate of drug-likeness (QED) is 0.844. The van der Waals surface area contributed by atoms with Gasteiger partial charge in [-0.1, -0.05) is 28.1 Å². The third-order valence-corrected chi connectivity index (χ3v) is 3.34.